The average molecular weight is 535 g/mol. The van der Waals surface area contributed by atoms with Crippen LogP contribution >= 0.6 is 0 Å². The molecule has 0 amide bonds. The molecular formula is C24H26F4N8O2. The number of fused-ring (bicyclic) bond motifs is 2. The second kappa shape index (κ2) is 9.66. The number of aryl methyl sites for hydroxylation is 1. The lowest BCUT2D eigenvalue weighted by molar-refractivity contribution is -0.131. The van der Waals surface area contributed by atoms with Crippen molar-refractivity contribution >= 4 is 22.5 Å². The zero-order valence-corrected chi connectivity index (χ0v) is 20.6. The molecule has 2 saturated heterocycles. The number of nitrogens with one attached hydrogen (secondary N) is 1. The van der Waals surface area contributed by atoms with Gasteiger partial charge >= 0.3 is 0 Å². The summed E-state index contributed by atoms with van der Waals surface area (Å²) in [5.41, 5.74) is 2.11. The van der Waals surface area contributed by atoms with Gasteiger partial charge in [0.25, 0.3) is 5.92 Å². The molecule has 14 heteroatoms. The van der Waals surface area contributed by atoms with E-state index in [0.29, 0.717) is 42.9 Å². The molecule has 2 fully saturated rings. The van der Waals surface area contributed by atoms with Crippen LogP contribution in [0.15, 0.2) is 24.4 Å². The molecule has 0 radical (unpaired) electrons. The van der Waals surface area contributed by atoms with Crippen LogP contribution in [0.4, 0.5) is 23.5 Å². The molecular weight excluding hydrogens is 508 g/mol. The summed E-state index contributed by atoms with van der Waals surface area (Å²) in [6.07, 6.45) is 1.61. The van der Waals surface area contributed by atoms with Crippen molar-refractivity contribution < 1.29 is 27.0 Å². The van der Waals surface area contributed by atoms with Gasteiger partial charge in [0.1, 0.15) is 11.0 Å². The van der Waals surface area contributed by atoms with E-state index in [2.05, 4.69) is 25.7 Å². The van der Waals surface area contributed by atoms with Gasteiger partial charge in [-0.3, -0.25) is 9.29 Å². The Bertz CT molecular complexity index is 1470. The molecule has 38 heavy (non-hydrogen) atoms. The van der Waals surface area contributed by atoms with E-state index in [1.165, 1.54) is 11.6 Å². The number of alkyl halides is 3. The first-order valence-corrected chi connectivity index (χ1v) is 12.4. The van der Waals surface area contributed by atoms with Gasteiger partial charge in [-0.05, 0) is 30.5 Å². The Morgan fingerprint density at radius 3 is 2.82 bits per heavy atom. The van der Waals surface area contributed by atoms with Gasteiger partial charge in [-0.1, -0.05) is 11.3 Å². The lowest BCUT2D eigenvalue weighted by atomic mass is 9.98. The summed E-state index contributed by atoms with van der Waals surface area (Å²) in [4.78, 5) is 6.05. The maximum Gasteiger partial charge on any atom is 0.280 e. The minimum Gasteiger partial charge on any atom is -0.479 e. The molecule has 0 bridgehead atoms. The molecule has 6 rings (SSSR count). The minimum atomic E-state index is -3.03. The first kappa shape index (κ1) is 24.8. The van der Waals surface area contributed by atoms with Crippen molar-refractivity contribution in [2.24, 2.45) is 0 Å². The number of nitrogens with zero attached hydrogens (tertiary/aromatic N) is 7. The third-order valence-corrected chi connectivity index (χ3v) is 7.12. The summed E-state index contributed by atoms with van der Waals surface area (Å²) >= 11 is 0. The van der Waals surface area contributed by atoms with E-state index in [1.807, 2.05) is 0 Å². The average Bonchev–Trinajstić information content (AvgIpc) is 3.41. The number of methoxy groups -OCH3 is 1. The van der Waals surface area contributed by atoms with Gasteiger partial charge in [0.15, 0.2) is 5.82 Å². The normalized spacial score (nSPS) is 20.2. The maximum atomic E-state index is 15.3. The number of rotatable bonds is 8. The highest BCUT2D eigenvalue weighted by Crippen LogP contribution is 2.36. The number of benzene rings is 1. The topological polar surface area (TPSA) is 94.6 Å². The number of likely N-dealkylation sites (tertiary alicyclic amines) is 1. The predicted octanol–water partition coefficient (Wildman–Crippen LogP) is 3.17. The summed E-state index contributed by atoms with van der Waals surface area (Å²) in [5, 5.41) is 15.1. The molecule has 3 aromatic heterocycles. The summed E-state index contributed by atoms with van der Waals surface area (Å²) in [5.74, 6) is -3.69. The van der Waals surface area contributed by atoms with Gasteiger partial charge in [0.05, 0.1) is 62.9 Å². The third-order valence-electron chi connectivity index (χ3n) is 7.12. The molecule has 5 heterocycles. The highest BCUT2D eigenvalue weighted by molar-refractivity contribution is 5.89. The van der Waals surface area contributed by atoms with E-state index in [0.717, 1.165) is 6.20 Å². The molecule has 1 unspecified atom stereocenters. The van der Waals surface area contributed by atoms with Gasteiger partial charge in [-0.2, -0.15) is 4.98 Å². The molecule has 1 atom stereocenters. The van der Waals surface area contributed by atoms with E-state index >= 15 is 4.39 Å². The second-order valence-electron chi connectivity index (χ2n) is 9.56. The molecule has 0 aliphatic carbocycles. The molecule has 2 aliphatic rings. The van der Waals surface area contributed by atoms with Crippen molar-refractivity contribution in [3.63, 3.8) is 0 Å². The highest BCUT2D eigenvalue weighted by Gasteiger charge is 2.47. The van der Waals surface area contributed by atoms with Crippen LogP contribution in [-0.2, 0) is 11.3 Å². The van der Waals surface area contributed by atoms with Crippen molar-refractivity contribution in [2.45, 2.75) is 37.4 Å². The molecule has 1 aromatic carbocycles. The first-order chi connectivity index (χ1) is 18.4. The lowest BCUT2D eigenvalue weighted by Crippen LogP contribution is -2.61. The number of piperidine rings is 1. The zero-order chi connectivity index (χ0) is 26.4. The number of aromatic nitrogens is 6. The second-order valence-corrected chi connectivity index (χ2v) is 9.56. The van der Waals surface area contributed by atoms with Crippen LogP contribution in [0.5, 0.6) is 5.88 Å². The van der Waals surface area contributed by atoms with Crippen LogP contribution in [0, 0.1) is 5.82 Å². The smallest absolute Gasteiger partial charge is 0.280 e. The number of ether oxygens (including phenoxy) is 2. The van der Waals surface area contributed by atoms with Crippen molar-refractivity contribution in [1.29, 1.82) is 0 Å². The van der Waals surface area contributed by atoms with Crippen LogP contribution in [0.3, 0.4) is 0 Å². The number of hydrogen-bond donors (Lipinski definition) is 1. The lowest BCUT2D eigenvalue weighted by Gasteiger charge is -2.44. The highest BCUT2D eigenvalue weighted by atomic mass is 19.3. The van der Waals surface area contributed by atoms with E-state index in [-0.39, 0.29) is 48.3 Å². The summed E-state index contributed by atoms with van der Waals surface area (Å²) in [6.45, 7) is 0.869. The van der Waals surface area contributed by atoms with Crippen LogP contribution in [-0.4, -0.2) is 92.6 Å². The van der Waals surface area contributed by atoms with Crippen LogP contribution in [0.25, 0.3) is 27.7 Å². The van der Waals surface area contributed by atoms with Crippen molar-refractivity contribution in [2.75, 3.05) is 45.4 Å². The molecule has 4 aromatic rings. The third kappa shape index (κ3) is 4.30. The molecule has 202 valence electrons. The standard InChI is InChI=1S/C24H26F4N8O2/c1-37-22-21-20(14-3-4-17-18(9-14)35(33-31-17)7-2-6-25)16(26)10-36(21)32-23(30-22)29-19-5-8-34(13-24(19,27)28)15-11-38-12-15/h3-4,9-10,15,19H,2,5-8,11-13H2,1H3,(H,29,32). The Hall–Kier alpha value is -3.52. The Morgan fingerprint density at radius 1 is 1.26 bits per heavy atom. The van der Waals surface area contributed by atoms with E-state index in [4.69, 9.17) is 9.47 Å². The molecule has 2 aliphatic heterocycles. The van der Waals surface area contributed by atoms with Crippen LogP contribution in [0.2, 0.25) is 0 Å². The largest absolute Gasteiger partial charge is 0.479 e. The maximum absolute atomic E-state index is 15.3. The van der Waals surface area contributed by atoms with E-state index < -0.39 is 24.5 Å². The van der Waals surface area contributed by atoms with Crippen molar-refractivity contribution in [3.8, 4) is 17.0 Å². The Kier molecular flexibility index (Phi) is 6.30. The Morgan fingerprint density at radius 2 is 2.11 bits per heavy atom. The zero-order valence-electron chi connectivity index (χ0n) is 20.6. The summed E-state index contributed by atoms with van der Waals surface area (Å²) < 4.78 is 71.4. The fourth-order valence-electron chi connectivity index (χ4n) is 5.04. The summed E-state index contributed by atoms with van der Waals surface area (Å²) in [6, 6.07) is 3.91. The number of anilines is 1. The monoisotopic (exact) mass is 534 g/mol. The minimum absolute atomic E-state index is 0.0214. The predicted molar refractivity (Wildman–Crippen MR) is 130 cm³/mol. The first-order valence-electron chi connectivity index (χ1n) is 12.4. The summed E-state index contributed by atoms with van der Waals surface area (Å²) in [7, 11) is 1.37. The van der Waals surface area contributed by atoms with Crippen molar-refractivity contribution in [1.82, 2.24) is 34.5 Å². The fourth-order valence-corrected chi connectivity index (χ4v) is 5.04. The molecule has 10 nitrogen and oxygen atoms in total. The Labute approximate surface area is 214 Å². The van der Waals surface area contributed by atoms with Gasteiger partial charge in [-0.25, -0.2) is 22.4 Å². The Balaban J connectivity index is 1.32. The van der Waals surface area contributed by atoms with Crippen molar-refractivity contribution in [3.05, 3.63) is 30.2 Å². The SMILES string of the molecule is COc1nc(NC2CCN(C3COC3)CC2(F)F)nn2cc(F)c(-c3ccc4nnn(CCCF)c4c3)c12. The molecule has 0 spiro atoms. The van der Waals surface area contributed by atoms with E-state index in [9.17, 15) is 13.2 Å². The van der Waals surface area contributed by atoms with Crippen LogP contribution < -0.4 is 10.1 Å². The molecule has 1 N–H and O–H groups in total. The van der Waals surface area contributed by atoms with E-state index in [1.54, 1.807) is 27.8 Å². The van der Waals surface area contributed by atoms with Gasteiger partial charge in [-0.15, -0.1) is 10.2 Å². The van der Waals surface area contributed by atoms with Gasteiger partial charge in [0, 0.05) is 13.1 Å². The number of hydrogen-bond acceptors (Lipinski definition) is 8. The quantitative estimate of drug-likeness (QED) is 0.345. The van der Waals surface area contributed by atoms with Gasteiger partial charge < -0.3 is 14.8 Å². The molecule has 0 saturated carbocycles. The van der Waals surface area contributed by atoms with Crippen LogP contribution in [0.1, 0.15) is 12.8 Å². The fraction of sp³-hybridized carbons (Fsp3) is 0.500. The number of halogens is 4. The van der Waals surface area contributed by atoms with Gasteiger partial charge in [0.2, 0.25) is 11.8 Å².